The molecule has 1 aliphatic rings. The van der Waals surface area contributed by atoms with Gasteiger partial charge in [0.25, 0.3) is 0 Å². The van der Waals surface area contributed by atoms with E-state index < -0.39 is 0 Å². The third-order valence-electron chi connectivity index (χ3n) is 4.43. The van der Waals surface area contributed by atoms with Crippen molar-refractivity contribution in [1.82, 2.24) is 20.0 Å². The van der Waals surface area contributed by atoms with Crippen molar-refractivity contribution < 1.29 is 4.79 Å². The minimum atomic E-state index is -0.147. The largest absolute Gasteiger partial charge is 0.338 e. The van der Waals surface area contributed by atoms with Gasteiger partial charge in [-0.15, -0.1) is 0 Å². The van der Waals surface area contributed by atoms with Crippen molar-refractivity contribution in [3.8, 4) is 0 Å². The van der Waals surface area contributed by atoms with Gasteiger partial charge in [-0.05, 0) is 50.4 Å². The van der Waals surface area contributed by atoms with Gasteiger partial charge in [0.05, 0.1) is 5.69 Å². The average Bonchev–Trinajstić information content (AvgIpc) is 3.03. The Morgan fingerprint density at radius 2 is 2.17 bits per heavy atom. The lowest BCUT2D eigenvalue weighted by Crippen LogP contribution is -2.30. The Hall–Kier alpha value is -2.08. The first kappa shape index (κ1) is 15.8. The van der Waals surface area contributed by atoms with Gasteiger partial charge in [0.15, 0.2) is 0 Å². The Morgan fingerprint density at radius 3 is 3.04 bits per heavy atom. The molecule has 0 bridgehead atoms. The predicted molar refractivity (Wildman–Crippen MR) is 91.7 cm³/mol. The summed E-state index contributed by atoms with van der Waals surface area (Å²) in [6.45, 7) is 3.04. The number of urea groups is 1. The molecule has 23 heavy (non-hydrogen) atoms. The minimum absolute atomic E-state index is 0.147. The fourth-order valence-electron chi connectivity index (χ4n) is 3.10. The van der Waals surface area contributed by atoms with E-state index in [0.717, 1.165) is 43.3 Å². The number of piperidine rings is 1. The van der Waals surface area contributed by atoms with E-state index in [-0.39, 0.29) is 6.03 Å². The SMILES string of the molecule is O=C(NCCCCC1CCNCC1)Nc1ccc2nccn2c1. The molecule has 0 radical (unpaired) electrons. The number of carbonyl (C=O) groups excluding carboxylic acids is 1. The summed E-state index contributed by atoms with van der Waals surface area (Å²) < 4.78 is 1.88. The molecular weight excluding hydrogens is 290 g/mol. The Labute approximate surface area is 136 Å². The molecule has 3 heterocycles. The standard InChI is InChI=1S/C17H25N5O/c23-17(20-8-2-1-3-14-6-9-18-10-7-14)21-15-4-5-16-19-11-12-22(16)13-15/h4-5,11-14,18H,1-3,6-10H2,(H2,20,21,23). The van der Waals surface area contributed by atoms with Crippen LogP contribution in [0, 0.1) is 5.92 Å². The van der Waals surface area contributed by atoms with Crippen molar-refractivity contribution in [3.63, 3.8) is 0 Å². The second-order valence-electron chi connectivity index (χ2n) is 6.18. The number of anilines is 1. The van der Waals surface area contributed by atoms with E-state index in [1.807, 2.05) is 28.9 Å². The molecule has 0 aromatic carbocycles. The van der Waals surface area contributed by atoms with Gasteiger partial charge in [-0.1, -0.05) is 12.8 Å². The van der Waals surface area contributed by atoms with E-state index in [0.29, 0.717) is 0 Å². The highest BCUT2D eigenvalue weighted by Crippen LogP contribution is 2.18. The maximum Gasteiger partial charge on any atom is 0.319 e. The van der Waals surface area contributed by atoms with E-state index >= 15 is 0 Å². The number of fused-ring (bicyclic) bond motifs is 1. The zero-order valence-corrected chi connectivity index (χ0v) is 13.4. The van der Waals surface area contributed by atoms with Crippen molar-refractivity contribution >= 4 is 17.4 Å². The molecule has 124 valence electrons. The summed E-state index contributed by atoms with van der Waals surface area (Å²) >= 11 is 0. The van der Waals surface area contributed by atoms with Gasteiger partial charge < -0.3 is 20.4 Å². The summed E-state index contributed by atoms with van der Waals surface area (Å²) in [7, 11) is 0. The number of pyridine rings is 1. The molecule has 0 spiro atoms. The number of hydrogen-bond donors (Lipinski definition) is 3. The topological polar surface area (TPSA) is 70.5 Å². The number of unbranched alkanes of at least 4 members (excludes halogenated alkanes) is 1. The highest BCUT2D eigenvalue weighted by atomic mass is 16.2. The molecule has 0 aliphatic carbocycles. The van der Waals surface area contributed by atoms with Crippen LogP contribution in [0.3, 0.4) is 0 Å². The van der Waals surface area contributed by atoms with Crippen molar-refractivity contribution in [1.29, 1.82) is 0 Å². The van der Waals surface area contributed by atoms with Crippen LogP contribution in [0.2, 0.25) is 0 Å². The number of nitrogens with one attached hydrogen (secondary N) is 3. The van der Waals surface area contributed by atoms with Gasteiger partial charge in [-0.2, -0.15) is 0 Å². The molecule has 2 amide bonds. The number of imidazole rings is 1. The molecule has 6 nitrogen and oxygen atoms in total. The maximum absolute atomic E-state index is 11.9. The second-order valence-corrected chi connectivity index (χ2v) is 6.18. The molecule has 1 saturated heterocycles. The Kier molecular flexibility index (Phi) is 5.47. The van der Waals surface area contributed by atoms with Crippen LogP contribution in [0.15, 0.2) is 30.7 Å². The number of carbonyl (C=O) groups is 1. The Bertz CT molecular complexity index is 633. The molecule has 0 atom stereocenters. The molecule has 3 N–H and O–H groups in total. The van der Waals surface area contributed by atoms with E-state index in [9.17, 15) is 4.79 Å². The first-order valence-corrected chi connectivity index (χ1v) is 8.49. The first-order valence-electron chi connectivity index (χ1n) is 8.49. The van der Waals surface area contributed by atoms with Crippen LogP contribution >= 0.6 is 0 Å². The molecular formula is C17H25N5O. The highest BCUT2D eigenvalue weighted by molar-refractivity contribution is 5.89. The summed E-state index contributed by atoms with van der Waals surface area (Å²) in [5, 5.41) is 9.17. The molecule has 2 aromatic rings. The van der Waals surface area contributed by atoms with Crippen LogP contribution in [0.5, 0.6) is 0 Å². The Balaban J connectivity index is 1.33. The number of rotatable bonds is 6. The zero-order valence-electron chi connectivity index (χ0n) is 13.4. The van der Waals surface area contributed by atoms with Crippen LogP contribution in [0.1, 0.15) is 32.1 Å². The Morgan fingerprint density at radius 1 is 1.30 bits per heavy atom. The number of aromatic nitrogens is 2. The van der Waals surface area contributed by atoms with Gasteiger partial charge in [0.1, 0.15) is 5.65 Å². The lowest BCUT2D eigenvalue weighted by Gasteiger charge is -2.22. The smallest absolute Gasteiger partial charge is 0.319 e. The number of hydrogen-bond acceptors (Lipinski definition) is 3. The second kappa shape index (κ2) is 7.97. The summed E-state index contributed by atoms with van der Waals surface area (Å²) in [6, 6.07) is 3.60. The summed E-state index contributed by atoms with van der Waals surface area (Å²) in [5.41, 5.74) is 1.64. The van der Waals surface area contributed by atoms with E-state index in [4.69, 9.17) is 0 Å². The number of amides is 2. The van der Waals surface area contributed by atoms with Gasteiger partial charge in [0.2, 0.25) is 0 Å². The molecule has 0 unspecified atom stereocenters. The monoisotopic (exact) mass is 315 g/mol. The van der Waals surface area contributed by atoms with Crippen LogP contribution < -0.4 is 16.0 Å². The quantitative estimate of drug-likeness (QED) is 0.718. The highest BCUT2D eigenvalue weighted by Gasteiger charge is 2.12. The molecule has 0 saturated carbocycles. The van der Waals surface area contributed by atoms with Crippen molar-refractivity contribution in [2.24, 2.45) is 5.92 Å². The fourth-order valence-corrected chi connectivity index (χ4v) is 3.10. The molecule has 2 aromatic heterocycles. The normalized spacial score (nSPS) is 15.7. The van der Waals surface area contributed by atoms with E-state index in [2.05, 4.69) is 20.9 Å². The predicted octanol–water partition coefficient (Wildman–Crippen LogP) is 2.63. The molecule has 3 rings (SSSR count). The third-order valence-corrected chi connectivity index (χ3v) is 4.43. The van der Waals surface area contributed by atoms with Crippen LogP contribution in [0.4, 0.5) is 10.5 Å². The van der Waals surface area contributed by atoms with Crippen LogP contribution in [-0.2, 0) is 0 Å². The van der Waals surface area contributed by atoms with E-state index in [1.54, 1.807) is 6.20 Å². The summed E-state index contributed by atoms with van der Waals surface area (Å²) in [4.78, 5) is 16.1. The minimum Gasteiger partial charge on any atom is -0.338 e. The summed E-state index contributed by atoms with van der Waals surface area (Å²) in [6.07, 6.45) is 11.6. The van der Waals surface area contributed by atoms with Crippen molar-refractivity contribution in [2.45, 2.75) is 32.1 Å². The van der Waals surface area contributed by atoms with Crippen LogP contribution in [0.25, 0.3) is 5.65 Å². The van der Waals surface area contributed by atoms with Gasteiger partial charge >= 0.3 is 6.03 Å². The average molecular weight is 315 g/mol. The van der Waals surface area contributed by atoms with Crippen molar-refractivity contribution in [3.05, 3.63) is 30.7 Å². The molecule has 1 fully saturated rings. The number of nitrogens with zero attached hydrogens (tertiary/aromatic N) is 2. The zero-order chi connectivity index (χ0) is 15.9. The van der Waals surface area contributed by atoms with Crippen molar-refractivity contribution in [2.75, 3.05) is 25.0 Å². The fraction of sp³-hybridized carbons (Fsp3) is 0.529. The van der Waals surface area contributed by atoms with Gasteiger partial charge in [-0.3, -0.25) is 0 Å². The third kappa shape index (κ3) is 4.69. The van der Waals surface area contributed by atoms with E-state index in [1.165, 1.54) is 25.7 Å². The van der Waals surface area contributed by atoms with Gasteiger partial charge in [-0.25, -0.2) is 9.78 Å². The molecule has 6 heteroatoms. The maximum atomic E-state index is 11.9. The lowest BCUT2D eigenvalue weighted by atomic mass is 9.92. The molecule has 1 aliphatic heterocycles. The lowest BCUT2D eigenvalue weighted by molar-refractivity contribution is 0.251. The first-order chi connectivity index (χ1) is 11.3. The summed E-state index contributed by atoms with van der Waals surface area (Å²) in [5.74, 6) is 0.868. The van der Waals surface area contributed by atoms with Crippen LogP contribution in [-0.4, -0.2) is 35.1 Å². The van der Waals surface area contributed by atoms with Gasteiger partial charge in [0, 0.05) is 25.1 Å².